The Bertz CT molecular complexity index is 2340. The summed E-state index contributed by atoms with van der Waals surface area (Å²) >= 11 is 1.70. The molecule has 0 spiro atoms. The first-order valence-electron chi connectivity index (χ1n) is 18.9. The Labute approximate surface area is 335 Å². The van der Waals surface area contributed by atoms with Crippen molar-refractivity contribution in [3.8, 4) is 22.9 Å². The number of ether oxygens (including phenoxy) is 3. The van der Waals surface area contributed by atoms with Gasteiger partial charge in [-0.05, 0) is 79.5 Å². The molecule has 1 amide bonds. The summed E-state index contributed by atoms with van der Waals surface area (Å²) < 4.78 is 47.5. The maximum Gasteiger partial charge on any atom is 0.409 e. The number of esters is 1. The first-order valence-corrected chi connectivity index (χ1v) is 20.0. The summed E-state index contributed by atoms with van der Waals surface area (Å²) in [5, 5.41) is 0.859. The molecule has 1 atom stereocenters. The standard InChI is InChI=1S/C45H46F2N4O5S/c1-5-34-35-19-21-48-39(35)27-38(47)42(34)56-33-16-17-37(46)36(26-33)43-49-28-40(50-43)45(3,32-14-10-13-30(25-32)15-18-41(52)54-6-2)20-23-57-24-22-51(4)44(53)55-29-31-11-8-7-9-12-31/h7-19,21,25-28,48H,5-6,20,22-24,29H2,1-4H3,(H,49,50)/b18-15+. The molecule has 2 heterocycles. The lowest BCUT2D eigenvalue weighted by atomic mass is 9.77. The van der Waals surface area contributed by atoms with Crippen LogP contribution in [-0.4, -0.2) is 63.6 Å². The molecule has 0 aliphatic rings. The Hall–Kier alpha value is -5.88. The molecule has 4 aromatic carbocycles. The minimum absolute atomic E-state index is 0.0968. The fourth-order valence-electron chi connectivity index (χ4n) is 6.57. The minimum atomic E-state index is -0.637. The SMILES string of the molecule is CCOC(=O)/C=C/c1cccc(C(C)(CCSCCN(C)C(=O)OCc2ccccc2)c2cnc(-c3cc(Oc4c(F)cc5[nH]ccc5c4CC)ccc3F)[nH]2)c1. The maximum absolute atomic E-state index is 15.5. The molecule has 1 unspecified atom stereocenters. The van der Waals surface area contributed by atoms with Gasteiger partial charge in [0.25, 0.3) is 0 Å². The van der Waals surface area contributed by atoms with E-state index in [4.69, 9.17) is 14.2 Å². The number of hydrogen-bond acceptors (Lipinski definition) is 7. The van der Waals surface area contributed by atoms with Crippen molar-refractivity contribution in [2.75, 3.05) is 31.7 Å². The van der Waals surface area contributed by atoms with Gasteiger partial charge in [-0.2, -0.15) is 11.8 Å². The van der Waals surface area contributed by atoms with Gasteiger partial charge in [0.2, 0.25) is 0 Å². The Balaban J connectivity index is 1.21. The summed E-state index contributed by atoms with van der Waals surface area (Å²) in [5.74, 6) is 0.584. The average molecular weight is 793 g/mol. The fraction of sp³-hybridized carbons (Fsp3) is 0.267. The molecule has 0 aliphatic carbocycles. The van der Waals surface area contributed by atoms with Crippen LogP contribution in [0.15, 0.2) is 103 Å². The molecular formula is C45H46F2N4O5S. The third-order valence-corrected chi connectivity index (χ3v) is 10.8. The molecule has 6 rings (SSSR count). The van der Waals surface area contributed by atoms with E-state index >= 15 is 8.78 Å². The predicted molar refractivity (Wildman–Crippen MR) is 221 cm³/mol. The van der Waals surface area contributed by atoms with Crippen LogP contribution in [0.2, 0.25) is 0 Å². The second-order valence-electron chi connectivity index (χ2n) is 13.7. The Morgan fingerprint density at radius 2 is 1.77 bits per heavy atom. The molecule has 57 heavy (non-hydrogen) atoms. The first-order chi connectivity index (χ1) is 27.6. The molecule has 0 radical (unpaired) electrons. The monoisotopic (exact) mass is 792 g/mol. The number of carbonyl (C=O) groups excluding carboxylic acids is 2. The number of amides is 1. The van der Waals surface area contributed by atoms with E-state index in [-0.39, 0.29) is 42.2 Å². The zero-order chi connectivity index (χ0) is 40.4. The van der Waals surface area contributed by atoms with Crippen LogP contribution in [0.3, 0.4) is 0 Å². The summed E-state index contributed by atoms with van der Waals surface area (Å²) in [6, 6.07) is 24.9. The van der Waals surface area contributed by atoms with E-state index < -0.39 is 23.0 Å². The number of thioether (sulfide) groups is 1. The topological polar surface area (TPSA) is 110 Å². The molecule has 2 N–H and O–H groups in total. The second-order valence-corrected chi connectivity index (χ2v) is 14.9. The Morgan fingerprint density at radius 3 is 2.56 bits per heavy atom. The quantitative estimate of drug-likeness (QED) is 0.0538. The summed E-state index contributed by atoms with van der Waals surface area (Å²) in [6.07, 6.45) is 7.37. The van der Waals surface area contributed by atoms with Crippen molar-refractivity contribution < 1.29 is 32.6 Å². The number of benzene rings is 4. The highest BCUT2D eigenvalue weighted by Gasteiger charge is 2.32. The van der Waals surface area contributed by atoms with Gasteiger partial charge in [-0.15, -0.1) is 0 Å². The van der Waals surface area contributed by atoms with Crippen molar-refractivity contribution in [1.82, 2.24) is 19.9 Å². The van der Waals surface area contributed by atoms with Gasteiger partial charge in [0.15, 0.2) is 11.6 Å². The van der Waals surface area contributed by atoms with Gasteiger partial charge in [-0.3, -0.25) is 0 Å². The zero-order valence-electron chi connectivity index (χ0n) is 32.4. The van der Waals surface area contributed by atoms with Crippen LogP contribution in [0, 0.1) is 11.6 Å². The number of aryl methyl sites for hydroxylation is 1. The molecule has 0 aliphatic heterocycles. The summed E-state index contributed by atoms with van der Waals surface area (Å²) in [5.41, 5.74) is 4.34. The van der Waals surface area contributed by atoms with Crippen molar-refractivity contribution >= 4 is 40.8 Å². The third kappa shape index (κ3) is 9.93. The number of nitrogens with zero attached hydrogens (tertiary/aromatic N) is 2. The molecule has 296 valence electrons. The number of fused-ring (bicyclic) bond motifs is 1. The van der Waals surface area contributed by atoms with Crippen molar-refractivity contribution in [2.45, 2.75) is 45.6 Å². The highest BCUT2D eigenvalue weighted by Crippen LogP contribution is 2.39. The van der Waals surface area contributed by atoms with Crippen LogP contribution >= 0.6 is 11.8 Å². The highest BCUT2D eigenvalue weighted by atomic mass is 32.2. The van der Waals surface area contributed by atoms with Crippen LogP contribution in [-0.2, 0) is 32.7 Å². The molecule has 2 aromatic heterocycles. The predicted octanol–water partition coefficient (Wildman–Crippen LogP) is 10.5. The van der Waals surface area contributed by atoms with E-state index in [2.05, 4.69) is 21.9 Å². The largest absolute Gasteiger partial charge is 0.463 e. The van der Waals surface area contributed by atoms with Crippen LogP contribution in [0.25, 0.3) is 28.4 Å². The molecule has 0 bridgehead atoms. The lowest BCUT2D eigenvalue weighted by molar-refractivity contribution is -0.137. The molecule has 9 nitrogen and oxygen atoms in total. The Kier molecular flexibility index (Phi) is 13.5. The van der Waals surface area contributed by atoms with Gasteiger partial charge >= 0.3 is 12.1 Å². The van der Waals surface area contributed by atoms with Gasteiger partial charge < -0.3 is 29.1 Å². The smallest absolute Gasteiger partial charge is 0.409 e. The molecule has 0 fully saturated rings. The van der Waals surface area contributed by atoms with E-state index in [1.165, 1.54) is 30.3 Å². The molecular weight excluding hydrogens is 747 g/mol. The van der Waals surface area contributed by atoms with Gasteiger partial charge in [-0.25, -0.2) is 23.4 Å². The van der Waals surface area contributed by atoms with Crippen molar-refractivity contribution in [3.05, 3.63) is 143 Å². The van der Waals surface area contributed by atoms with Crippen molar-refractivity contribution in [1.29, 1.82) is 0 Å². The van der Waals surface area contributed by atoms with E-state index in [0.29, 0.717) is 36.2 Å². The molecule has 6 aromatic rings. The Morgan fingerprint density at radius 1 is 0.947 bits per heavy atom. The summed E-state index contributed by atoms with van der Waals surface area (Å²) in [7, 11) is 1.72. The minimum Gasteiger partial charge on any atom is -0.463 e. The molecule has 0 saturated heterocycles. The van der Waals surface area contributed by atoms with Gasteiger partial charge in [0, 0.05) is 71.5 Å². The lowest BCUT2D eigenvalue weighted by Crippen LogP contribution is -2.30. The van der Waals surface area contributed by atoms with Crippen LogP contribution in [0.5, 0.6) is 11.5 Å². The second kappa shape index (κ2) is 18.8. The number of aromatic amines is 2. The van der Waals surface area contributed by atoms with E-state index in [9.17, 15) is 9.59 Å². The molecule has 0 saturated carbocycles. The van der Waals surface area contributed by atoms with Gasteiger partial charge in [0.05, 0.1) is 12.2 Å². The fourth-order valence-corrected chi connectivity index (χ4v) is 7.73. The highest BCUT2D eigenvalue weighted by molar-refractivity contribution is 7.99. The van der Waals surface area contributed by atoms with Gasteiger partial charge in [-0.1, -0.05) is 61.5 Å². The number of carbonyl (C=O) groups is 2. The van der Waals surface area contributed by atoms with E-state index in [1.54, 1.807) is 49.1 Å². The number of aromatic nitrogens is 3. The number of halogens is 2. The summed E-state index contributed by atoms with van der Waals surface area (Å²) in [6.45, 7) is 6.76. The van der Waals surface area contributed by atoms with Crippen molar-refractivity contribution in [3.63, 3.8) is 0 Å². The third-order valence-electron chi connectivity index (χ3n) is 9.86. The van der Waals surface area contributed by atoms with Crippen molar-refractivity contribution in [2.24, 2.45) is 0 Å². The lowest BCUT2D eigenvalue weighted by Gasteiger charge is -2.30. The maximum atomic E-state index is 15.5. The number of H-pyrrole nitrogens is 2. The van der Waals surface area contributed by atoms with E-state index in [0.717, 1.165) is 33.5 Å². The van der Waals surface area contributed by atoms with E-state index in [1.807, 2.05) is 67.6 Å². The van der Waals surface area contributed by atoms with Crippen LogP contribution < -0.4 is 4.74 Å². The average Bonchev–Trinajstić information content (AvgIpc) is 3.91. The van der Waals surface area contributed by atoms with Crippen LogP contribution in [0.1, 0.15) is 55.1 Å². The number of nitrogens with one attached hydrogen (secondary N) is 2. The normalized spacial score (nSPS) is 12.5. The first kappa shape index (κ1) is 40.8. The van der Waals surface area contributed by atoms with Crippen LogP contribution in [0.4, 0.5) is 13.6 Å². The summed E-state index contributed by atoms with van der Waals surface area (Å²) in [4.78, 5) is 37.3. The number of imidazole rings is 1. The number of hydrogen-bond donors (Lipinski definition) is 2. The number of rotatable bonds is 17. The molecule has 12 heteroatoms. The van der Waals surface area contributed by atoms with Gasteiger partial charge in [0.1, 0.15) is 24.0 Å². The zero-order valence-corrected chi connectivity index (χ0v) is 33.3.